The quantitative estimate of drug-likeness (QED) is 0.135. The van der Waals surface area contributed by atoms with Crippen molar-refractivity contribution in [3.8, 4) is 11.1 Å². The van der Waals surface area contributed by atoms with Crippen molar-refractivity contribution in [2.75, 3.05) is 17.2 Å². The Morgan fingerprint density at radius 3 is 2.46 bits per heavy atom. The number of aryl methyl sites for hydroxylation is 3. The molecule has 270 valence electrons. The first-order valence-corrected chi connectivity index (χ1v) is 17.3. The van der Waals surface area contributed by atoms with Crippen LogP contribution < -0.4 is 10.6 Å². The minimum absolute atomic E-state index is 0.211. The largest absolute Gasteiger partial charge is 0.408 e. The molecule has 0 radical (unpaired) electrons. The summed E-state index contributed by atoms with van der Waals surface area (Å²) in [4.78, 5) is 55.7. The van der Waals surface area contributed by atoms with E-state index in [1.807, 2.05) is 26.0 Å². The third-order valence-corrected chi connectivity index (χ3v) is 10.1. The van der Waals surface area contributed by atoms with Gasteiger partial charge in [0.15, 0.2) is 5.78 Å². The molecule has 1 saturated heterocycles. The van der Waals surface area contributed by atoms with Gasteiger partial charge in [0.25, 0.3) is 0 Å². The van der Waals surface area contributed by atoms with Gasteiger partial charge in [-0.05, 0) is 84.4 Å². The number of fused-ring (bicyclic) bond motifs is 2. The molecule has 1 aliphatic carbocycles. The second kappa shape index (κ2) is 13.1. The van der Waals surface area contributed by atoms with Gasteiger partial charge in [-0.15, -0.1) is 0 Å². The molecule has 1 aliphatic heterocycles. The predicted molar refractivity (Wildman–Crippen MR) is 188 cm³/mol. The third kappa shape index (κ3) is 6.88. The molecule has 0 spiro atoms. The molecule has 1 saturated carbocycles. The Hall–Kier alpha value is -5.19. The summed E-state index contributed by atoms with van der Waals surface area (Å²) < 4.78 is 41.6. The fourth-order valence-corrected chi connectivity index (χ4v) is 7.42. The number of ketones is 1. The Balaban J connectivity index is 1.18. The number of aromatic nitrogens is 7. The van der Waals surface area contributed by atoms with Gasteiger partial charge in [0.1, 0.15) is 46.9 Å². The van der Waals surface area contributed by atoms with Gasteiger partial charge in [0, 0.05) is 60.5 Å². The van der Waals surface area contributed by atoms with Crippen molar-refractivity contribution in [3.63, 3.8) is 0 Å². The third-order valence-electron chi connectivity index (χ3n) is 9.68. The van der Waals surface area contributed by atoms with Crippen LogP contribution in [0, 0.1) is 26.2 Å². The lowest BCUT2D eigenvalue weighted by Crippen LogP contribution is -2.47. The highest BCUT2D eigenvalue weighted by Gasteiger charge is 2.67. The molecule has 2 fully saturated rings. The summed E-state index contributed by atoms with van der Waals surface area (Å²) in [6.07, 6.45) is 1.12. The first kappa shape index (κ1) is 35.2. The Bertz CT molecular complexity index is 2240. The van der Waals surface area contributed by atoms with Crippen molar-refractivity contribution < 1.29 is 27.6 Å². The topological polar surface area (TPSA) is 153 Å². The highest BCUT2D eigenvalue weighted by atomic mass is 79.9. The number of piperidine rings is 1. The molecule has 0 unspecified atom stereocenters. The molecule has 0 bridgehead atoms. The van der Waals surface area contributed by atoms with Gasteiger partial charge in [-0.3, -0.25) is 23.7 Å². The molecule has 17 heteroatoms. The molecule has 52 heavy (non-hydrogen) atoms. The van der Waals surface area contributed by atoms with Crippen LogP contribution in [0.25, 0.3) is 22.0 Å². The number of benzene rings is 1. The van der Waals surface area contributed by atoms with Crippen LogP contribution in [-0.2, 0) is 22.7 Å². The van der Waals surface area contributed by atoms with E-state index >= 15 is 0 Å². The molecule has 7 rings (SSSR count). The lowest BCUT2D eigenvalue weighted by Gasteiger charge is -2.27. The molecule has 2 amide bonds. The summed E-state index contributed by atoms with van der Waals surface area (Å²) >= 11 is 3.34. The van der Waals surface area contributed by atoms with Crippen LogP contribution in [0.4, 0.5) is 24.8 Å². The van der Waals surface area contributed by atoms with Crippen molar-refractivity contribution in [1.29, 1.82) is 0 Å². The minimum atomic E-state index is -4.42. The number of halogens is 4. The van der Waals surface area contributed by atoms with E-state index in [0.717, 1.165) is 26.9 Å². The number of alkyl halides is 3. The van der Waals surface area contributed by atoms with Gasteiger partial charge in [-0.1, -0.05) is 6.07 Å². The number of hydrogen-bond donors (Lipinski definition) is 2. The smallest absolute Gasteiger partial charge is 0.368 e. The van der Waals surface area contributed by atoms with Crippen LogP contribution in [0.2, 0.25) is 0 Å². The average molecular weight is 780 g/mol. The fourth-order valence-electron chi connectivity index (χ4n) is 7.11. The standard InChI is InChI=1S/C35H34BrF3N10O3/c1-18-5-6-27(36)43-32(18)44-33(52)25-11-34(16-42-28-7-8-47(45-28)17-35(37,38)39)12-26(34)49(25)29(51)15-48-31-19(2)9-22(23-13-40-21(4)41-14-23)10-24(31)30(46-48)20(3)50/h5-10,13-14,25-26H,11-12,15-17H2,1-4H3,(H,42,45)(H,43,44,52)/t25-,26+,34-/m0/s1. The van der Waals surface area contributed by atoms with E-state index in [2.05, 4.69) is 51.7 Å². The van der Waals surface area contributed by atoms with Gasteiger partial charge in [0.2, 0.25) is 11.8 Å². The molecule has 2 aliphatic rings. The highest BCUT2D eigenvalue weighted by Crippen LogP contribution is 2.59. The number of hydrogen-bond acceptors (Lipinski definition) is 9. The maximum absolute atomic E-state index is 14.4. The number of Topliss-reactive ketones (excluding diaryl/α,β-unsaturated/α-hetero) is 1. The van der Waals surface area contributed by atoms with Crippen molar-refractivity contribution in [1.82, 2.24) is 39.4 Å². The minimum Gasteiger partial charge on any atom is -0.368 e. The fraction of sp³-hybridized carbons (Fsp3) is 0.371. The Labute approximate surface area is 304 Å². The maximum Gasteiger partial charge on any atom is 0.408 e. The van der Waals surface area contributed by atoms with Gasteiger partial charge < -0.3 is 15.5 Å². The summed E-state index contributed by atoms with van der Waals surface area (Å²) in [5.74, 6) is 0.182. The normalized spacial score (nSPS) is 19.5. The van der Waals surface area contributed by atoms with Crippen LogP contribution in [0.3, 0.4) is 0 Å². The number of carbonyl (C=O) groups excluding carboxylic acids is 3. The summed E-state index contributed by atoms with van der Waals surface area (Å²) in [5, 5.41) is 15.2. The number of nitrogens with one attached hydrogen (secondary N) is 2. The molecule has 4 aromatic heterocycles. The van der Waals surface area contributed by atoms with E-state index in [1.54, 1.807) is 36.4 Å². The van der Waals surface area contributed by atoms with Crippen molar-refractivity contribution in [3.05, 3.63) is 76.2 Å². The molecule has 5 heterocycles. The monoisotopic (exact) mass is 778 g/mol. The molecular weight excluding hydrogens is 745 g/mol. The lowest BCUT2D eigenvalue weighted by atomic mass is 9.99. The average Bonchev–Trinajstić information content (AvgIpc) is 3.34. The number of anilines is 2. The van der Waals surface area contributed by atoms with Crippen LogP contribution in [0.1, 0.15) is 47.2 Å². The zero-order valence-corrected chi connectivity index (χ0v) is 30.2. The molecule has 1 aromatic carbocycles. The first-order chi connectivity index (χ1) is 24.6. The van der Waals surface area contributed by atoms with Gasteiger partial charge in [-0.25, -0.2) is 15.0 Å². The van der Waals surface area contributed by atoms with E-state index in [1.165, 1.54) is 23.9 Å². The zero-order chi connectivity index (χ0) is 37.1. The first-order valence-electron chi connectivity index (χ1n) is 16.5. The van der Waals surface area contributed by atoms with Gasteiger partial charge in [-0.2, -0.15) is 23.4 Å². The van der Waals surface area contributed by atoms with Crippen molar-refractivity contribution in [2.24, 2.45) is 5.41 Å². The SMILES string of the molecule is CC(=O)c1nn(CC(=O)N2[C@H](C(=O)Nc3nc(Br)ccc3C)C[C@@]3(CNc4ccn(CC(F)(F)F)n4)C[C@@H]23)c2c(C)cc(-c3cnc(C)nc3)cc12. The maximum atomic E-state index is 14.4. The molecular formula is C35H34BrF3N10O3. The molecule has 13 nitrogen and oxygen atoms in total. The summed E-state index contributed by atoms with van der Waals surface area (Å²) in [6, 6.07) is 7.58. The highest BCUT2D eigenvalue weighted by molar-refractivity contribution is 9.10. The van der Waals surface area contributed by atoms with E-state index in [0.29, 0.717) is 40.0 Å². The number of likely N-dealkylation sites (tertiary alicyclic amines) is 1. The van der Waals surface area contributed by atoms with Crippen LogP contribution in [0.5, 0.6) is 0 Å². The number of carbonyl (C=O) groups is 3. The number of rotatable bonds is 10. The Morgan fingerprint density at radius 1 is 1.00 bits per heavy atom. The number of amides is 2. The summed E-state index contributed by atoms with van der Waals surface area (Å²) in [5.41, 5.74) is 3.37. The van der Waals surface area contributed by atoms with Gasteiger partial charge >= 0.3 is 6.18 Å². The van der Waals surface area contributed by atoms with Crippen LogP contribution in [-0.4, -0.2) is 81.8 Å². The molecule has 3 atom stereocenters. The van der Waals surface area contributed by atoms with Crippen molar-refractivity contribution in [2.45, 2.75) is 71.9 Å². The Morgan fingerprint density at radius 2 is 1.75 bits per heavy atom. The van der Waals surface area contributed by atoms with E-state index < -0.39 is 30.1 Å². The second-order valence-corrected chi connectivity index (χ2v) is 14.3. The van der Waals surface area contributed by atoms with Crippen molar-refractivity contribution >= 4 is 56.1 Å². The number of pyridine rings is 1. The second-order valence-electron chi connectivity index (χ2n) is 13.5. The zero-order valence-electron chi connectivity index (χ0n) is 28.6. The van der Waals surface area contributed by atoms with Gasteiger partial charge in [0.05, 0.1) is 5.52 Å². The predicted octanol–water partition coefficient (Wildman–Crippen LogP) is 5.65. The van der Waals surface area contributed by atoms with Crippen LogP contribution >= 0.6 is 15.9 Å². The molecule has 5 aromatic rings. The Kier molecular flexibility index (Phi) is 8.87. The summed E-state index contributed by atoms with van der Waals surface area (Å²) in [7, 11) is 0. The number of nitrogens with zero attached hydrogens (tertiary/aromatic N) is 8. The summed E-state index contributed by atoms with van der Waals surface area (Å²) in [6.45, 7) is 5.72. The van der Waals surface area contributed by atoms with E-state index in [9.17, 15) is 27.6 Å². The molecule has 2 N–H and O–H groups in total. The van der Waals surface area contributed by atoms with E-state index in [4.69, 9.17) is 0 Å². The lowest BCUT2D eigenvalue weighted by molar-refractivity contribution is -0.142. The van der Waals surface area contributed by atoms with Crippen LogP contribution in [0.15, 0.2) is 53.5 Å². The van der Waals surface area contributed by atoms with E-state index in [-0.39, 0.29) is 42.3 Å².